The van der Waals surface area contributed by atoms with Gasteiger partial charge < -0.3 is 14.7 Å². The Hall–Kier alpha value is -2.84. The van der Waals surface area contributed by atoms with E-state index in [0.717, 1.165) is 37.1 Å². The zero-order chi connectivity index (χ0) is 17.6. The number of carbonyl (C=O) groups is 1. The molecule has 4 heterocycles. The molecule has 0 saturated carbocycles. The normalized spacial score (nSPS) is 18.0. The monoisotopic (exact) mass is 342 g/mol. The number of amides is 2. The smallest absolute Gasteiger partial charge is 0.324 e. The van der Waals surface area contributed by atoms with Crippen LogP contribution in [0.3, 0.4) is 0 Å². The van der Waals surface area contributed by atoms with Crippen molar-refractivity contribution >= 4 is 23.5 Å². The molecule has 0 N–H and O–H groups in total. The first-order valence-corrected chi connectivity index (χ1v) is 8.35. The molecule has 2 amide bonds. The zero-order valence-corrected chi connectivity index (χ0v) is 14.7. The molecule has 0 radical (unpaired) electrons. The van der Waals surface area contributed by atoms with Gasteiger partial charge in [-0.25, -0.2) is 9.78 Å². The molecule has 2 aromatic rings. The van der Waals surface area contributed by atoms with E-state index in [1.54, 1.807) is 22.2 Å². The van der Waals surface area contributed by atoms with E-state index in [-0.39, 0.29) is 12.1 Å². The van der Waals surface area contributed by atoms with Crippen molar-refractivity contribution in [2.75, 3.05) is 62.0 Å². The highest BCUT2D eigenvalue weighted by molar-refractivity contribution is 5.93. The summed E-state index contributed by atoms with van der Waals surface area (Å²) in [7, 11) is 5.75. The molecule has 2 aliphatic heterocycles. The first kappa shape index (κ1) is 15.7. The number of rotatable bonds is 4. The summed E-state index contributed by atoms with van der Waals surface area (Å²) in [5, 5.41) is 4.44. The lowest BCUT2D eigenvalue weighted by Gasteiger charge is -2.39. The van der Waals surface area contributed by atoms with Gasteiger partial charge in [-0.05, 0) is 6.07 Å². The van der Waals surface area contributed by atoms with Crippen molar-refractivity contribution in [3.05, 3.63) is 24.7 Å². The molecule has 0 aromatic carbocycles. The van der Waals surface area contributed by atoms with Gasteiger partial charge in [-0.2, -0.15) is 10.1 Å². The lowest BCUT2D eigenvalue weighted by atomic mass is 10.1. The zero-order valence-electron chi connectivity index (χ0n) is 14.7. The highest BCUT2D eigenvalue weighted by Crippen LogP contribution is 2.27. The largest absolute Gasteiger partial charge is 0.363 e. The highest BCUT2D eigenvalue weighted by Gasteiger charge is 2.33. The summed E-state index contributed by atoms with van der Waals surface area (Å²) in [5.74, 6) is 1.64. The predicted molar refractivity (Wildman–Crippen MR) is 95.2 cm³/mol. The minimum atomic E-state index is 0.0312. The molecule has 9 heteroatoms. The van der Waals surface area contributed by atoms with Crippen LogP contribution in [0.1, 0.15) is 6.04 Å². The third kappa shape index (κ3) is 2.75. The van der Waals surface area contributed by atoms with Crippen LogP contribution in [0.25, 0.3) is 0 Å². The van der Waals surface area contributed by atoms with Crippen molar-refractivity contribution in [1.29, 1.82) is 0 Å². The molecular formula is C16H22N8O. The standard InChI is InChI=1S/C16H22N8O/c1-20(2)14-4-5-17-15(19-14)22-9-13(10-22)24-11-12(8-18-24)23-7-6-21(3)16(23)25/h4-5,8,11,13H,6-7,9-10H2,1-3H3. The van der Waals surface area contributed by atoms with E-state index in [4.69, 9.17) is 0 Å². The maximum absolute atomic E-state index is 12.1. The summed E-state index contributed by atoms with van der Waals surface area (Å²) in [6.45, 7) is 3.08. The summed E-state index contributed by atoms with van der Waals surface area (Å²) in [4.78, 5) is 28.6. The van der Waals surface area contributed by atoms with Gasteiger partial charge in [0.05, 0.1) is 17.9 Å². The fraction of sp³-hybridized carbons (Fsp3) is 0.500. The molecule has 25 heavy (non-hydrogen) atoms. The van der Waals surface area contributed by atoms with E-state index in [2.05, 4.69) is 20.0 Å². The fourth-order valence-electron chi connectivity index (χ4n) is 3.08. The maximum Gasteiger partial charge on any atom is 0.324 e. The number of likely N-dealkylation sites (N-methyl/N-ethyl adjacent to an activating group) is 1. The molecule has 0 atom stereocenters. The van der Waals surface area contributed by atoms with E-state index in [9.17, 15) is 4.79 Å². The quantitative estimate of drug-likeness (QED) is 0.813. The Morgan fingerprint density at radius 2 is 2.04 bits per heavy atom. The maximum atomic E-state index is 12.1. The molecule has 132 valence electrons. The van der Waals surface area contributed by atoms with Crippen LogP contribution in [-0.2, 0) is 0 Å². The second kappa shape index (κ2) is 5.91. The van der Waals surface area contributed by atoms with Crippen LogP contribution < -0.4 is 14.7 Å². The summed E-state index contributed by atoms with van der Waals surface area (Å²) in [6, 6.07) is 2.20. The van der Waals surface area contributed by atoms with Crippen LogP contribution in [0.15, 0.2) is 24.7 Å². The molecule has 0 spiro atoms. The average Bonchev–Trinajstić information content (AvgIpc) is 3.14. The Morgan fingerprint density at radius 1 is 1.24 bits per heavy atom. The summed E-state index contributed by atoms with van der Waals surface area (Å²) in [5.41, 5.74) is 0.860. The van der Waals surface area contributed by atoms with E-state index >= 15 is 0 Å². The molecule has 4 rings (SSSR count). The van der Waals surface area contributed by atoms with Crippen molar-refractivity contribution in [3.63, 3.8) is 0 Å². The minimum Gasteiger partial charge on any atom is -0.363 e. The molecule has 9 nitrogen and oxygen atoms in total. The number of aromatic nitrogens is 4. The minimum absolute atomic E-state index is 0.0312. The molecule has 2 aromatic heterocycles. The fourth-order valence-corrected chi connectivity index (χ4v) is 3.08. The Balaban J connectivity index is 1.41. The highest BCUT2D eigenvalue weighted by atomic mass is 16.2. The van der Waals surface area contributed by atoms with Gasteiger partial charge in [0.25, 0.3) is 0 Å². The lowest BCUT2D eigenvalue weighted by Crippen LogP contribution is -2.48. The van der Waals surface area contributed by atoms with Crippen molar-refractivity contribution in [1.82, 2.24) is 24.6 Å². The van der Waals surface area contributed by atoms with E-state index < -0.39 is 0 Å². The van der Waals surface area contributed by atoms with Crippen molar-refractivity contribution in [2.24, 2.45) is 0 Å². The topological polar surface area (TPSA) is 73.6 Å². The van der Waals surface area contributed by atoms with Gasteiger partial charge in [0.2, 0.25) is 5.95 Å². The molecule has 0 unspecified atom stereocenters. The second-order valence-electron chi connectivity index (χ2n) is 6.70. The molecule has 2 fully saturated rings. The number of hydrogen-bond donors (Lipinski definition) is 0. The van der Waals surface area contributed by atoms with Gasteiger partial charge in [-0.1, -0.05) is 0 Å². The Kier molecular flexibility index (Phi) is 3.70. The van der Waals surface area contributed by atoms with Gasteiger partial charge in [-0.3, -0.25) is 9.58 Å². The van der Waals surface area contributed by atoms with Crippen LogP contribution in [0.4, 0.5) is 22.2 Å². The molecule has 2 saturated heterocycles. The number of nitrogens with zero attached hydrogens (tertiary/aromatic N) is 8. The van der Waals surface area contributed by atoms with Gasteiger partial charge in [0.15, 0.2) is 0 Å². The van der Waals surface area contributed by atoms with Crippen LogP contribution in [0, 0.1) is 0 Å². The summed E-state index contributed by atoms with van der Waals surface area (Å²) < 4.78 is 1.94. The van der Waals surface area contributed by atoms with E-state index in [0.29, 0.717) is 6.54 Å². The Morgan fingerprint density at radius 3 is 2.72 bits per heavy atom. The third-order valence-corrected chi connectivity index (χ3v) is 4.72. The molecule has 0 aliphatic carbocycles. The van der Waals surface area contributed by atoms with Crippen molar-refractivity contribution in [2.45, 2.75) is 6.04 Å². The summed E-state index contributed by atoms with van der Waals surface area (Å²) in [6.07, 6.45) is 5.51. The van der Waals surface area contributed by atoms with E-state index in [1.807, 2.05) is 43.0 Å². The van der Waals surface area contributed by atoms with Gasteiger partial charge >= 0.3 is 6.03 Å². The van der Waals surface area contributed by atoms with Gasteiger partial charge in [0.1, 0.15) is 5.82 Å². The Labute approximate surface area is 146 Å². The second-order valence-corrected chi connectivity index (χ2v) is 6.70. The number of anilines is 3. The molecule has 0 bridgehead atoms. The van der Waals surface area contributed by atoms with Crippen LogP contribution >= 0.6 is 0 Å². The molecule has 2 aliphatic rings. The van der Waals surface area contributed by atoms with E-state index in [1.165, 1.54) is 0 Å². The third-order valence-electron chi connectivity index (χ3n) is 4.72. The number of carbonyl (C=O) groups excluding carboxylic acids is 1. The summed E-state index contributed by atoms with van der Waals surface area (Å²) >= 11 is 0. The Bertz CT molecular complexity index is 782. The number of hydrogen-bond acceptors (Lipinski definition) is 6. The van der Waals surface area contributed by atoms with Crippen LogP contribution in [0.2, 0.25) is 0 Å². The van der Waals surface area contributed by atoms with Crippen LogP contribution in [0.5, 0.6) is 0 Å². The number of urea groups is 1. The molecular weight excluding hydrogens is 320 g/mol. The van der Waals surface area contributed by atoms with Gasteiger partial charge in [-0.15, -0.1) is 0 Å². The average molecular weight is 342 g/mol. The first-order valence-electron chi connectivity index (χ1n) is 8.35. The van der Waals surface area contributed by atoms with Crippen molar-refractivity contribution < 1.29 is 4.79 Å². The lowest BCUT2D eigenvalue weighted by molar-refractivity contribution is 0.229. The first-order chi connectivity index (χ1) is 12.0. The SMILES string of the molecule is CN1CCN(c2cnn(C3CN(c4nccc(N(C)C)n4)C3)c2)C1=O. The van der Waals surface area contributed by atoms with Gasteiger partial charge in [0, 0.05) is 59.7 Å². The predicted octanol–water partition coefficient (Wildman–Crippen LogP) is 0.672. The van der Waals surface area contributed by atoms with Crippen LogP contribution in [-0.4, -0.2) is 78.0 Å². The van der Waals surface area contributed by atoms with Crippen molar-refractivity contribution in [3.8, 4) is 0 Å².